The molecule has 4 nitrogen and oxygen atoms in total. The van der Waals surface area contributed by atoms with E-state index in [0.29, 0.717) is 24.3 Å². The first-order valence-corrected chi connectivity index (χ1v) is 7.39. The summed E-state index contributed by atoms with van der Waals surface area (Å²) in [5.74, 6) is -0.00194. The van der Waals surface area contributed by atoms with Crippen molar-refractivity contribution in [1.29, 1.82) is 0 Å². The molecular formula is C12H17NO3S. The summed E-state index contributed by atoms with van der Waals surface area (Å²) in [6.45, 7) is 2.33. The molecule has 2 rings (SSSR count). The van der Waals surface area contributed by atoms with Crippen LogP contribution in [0.1, 0.15) is 18.9 Å². The summed E-state index contributed by atoms with van der Waals surface area (Å²) in [7, 11) is -3.19. The molecule has 1 aliphatic rings. The zero-order chi connectivity index (χ0) is 12.5. The number of rotatable bonds is 3. The summed E-state index contributed by atoms with van der Waals surface area (Å²) in [5, 5.41) is -0.401. The lowest BCUT2D eigenvalue weighted by Gasteiger charge is -2.15. The SMILES string of the molecule is CC1OCCC1S(=O)(=O)Cc1ccccc1N. The van der Waals surface area contributed by atoms with Gasteiger partial charge >= 0.3 is 0 Å². The molecule has 2 N–H and O–H groups in total. The lowest BCUT2D eigenvalue weighted by Crippen LogP contribution is -2.29. The number of hydrogen-bond acceptors (Lipinski definition) is 4. The van der Waals surface area contributed by atoms with Crippen LogP contribution in [-0.4, -0.2) is 26.4 Å². The second-order valence-electron chi connectivity index (χ2n) is 4.41. The van der Waals surface area contributed by atoms with Crippen LogP contribution in [0.5, 0.6) is 0 Å². The quantitative estimate of drug-likeness (QED) is 0.828. The first-order valence-electron chi connectivity index (χ1n) is 5.67. The Morgan fingerprint density at radius 3 is 2.71 bits per heavy atom. The van der Waals surface area contributed by atoms with Gasteiger partial charge in [0.15, 0.2) is 9.84 Å². The highest BCUT2D eigenvalue weighted by molar-refractivity contribution is 7.91. The Morgan fingerprint density at radius 1 is 1.41 bits per heavy atom. The third-order valence-corrected chi connectivity index (χ3v) is 5.43. The number of benzene rings is 1. The average Bonchev–Trinajstić information content (AvgIpc) is 2.68. The summed E-state index contributed by atoms with van der Waals surface area (Å²) >= 11 is 0. The van der Waals surface area contributed by atoms with E-state index in [1.165, 1.54) is 0 Å². The second-order valence-corrected chi connectivity index (χ2v) is 6.63. The van der Waals surface area contributed by atoms with Crippen LogP contribution in [0.25, 0.3) is 0 Å². The molecule has 94 valence electrons. The van der Waals surface area contributed by atoms with Gasteiger partial charge in [-0.3, -0.25) is 0 Å². The number of sulfone groups is 1. The van der Waals surface area contributed by atoms with Gasteiger partial charge in [-0.05, 0) is 25.0 Å². The summed E-state index contributed by atoms with van der Waals surface area (Å²) in [6, 6.07) is 7.08. The van der Waals surface area contributed by atoms with Crippen molar-refractivity contribution in [2.75, 3.05) is 12.3 Å². The first kappa shape index (κ1) is 12.4. The molecule has 1 aliphatic heterocycles. The van der Waals surface area contributed by atoms with E-state index in [4.69, 9.17) is 10.5 Å². The number of hydrogen-bond donors (Lipinski definition) is 1. The van der Waals surface area contributed by atoms with E-state index in [-0.39, 0.29) is 11.9 Å². The van der Waals surface area contributed by atoms with E-state index in [1.807, 2.05) is 6.92 Å². The molecule has 1 saturated heterocycles. The molecular weight excluding hydrogens is 238 g/mol. The van der Waals surface area contributed by atoms with Crippen molar-refractivity contribution in [3.8, 4) is 0 Å². The molecule has 1 heterocycles. The Labute approximate surface area is 102 Å². The van der Waals surface area contributed by atoms with Crippen molar-refractivity contribution < 1.29 is 13.2 Å². The van der Waals surface area contributed by atoms with Gasteiger partial charge in [0.1, 0.15) is 0 Å². The molecule has 0 aliphatic carbocycles. The predicted octanol–water partition coefficient (Wildman–Crippen LogP) is 1.36. The van der Waals surface area contributed by atoms with Crippen LogP contribution in [0.15, 0.2) is 24.3 Å². The number of nitrogens with two attached hydrogens (primary N) is 1. The molecule has 1 aromatic rings. The maximum Gasteiger partial charge on any atom is 0.159 e. The molecule has 0 spiro atoms. The molecule has 1 aromatic carbocycles. The Morgan fingerprint density at radius 2 is 2.12 bits per heavy atom. The average molecular weight is 255 g/mol. The fourth-order valence-electron chi connectivity index (χ4n) is 2.17. The van der Waals surface area contributed by atoms with Gasteiger partial charge in [0.05, 0.1) is 17.1 Å². The molecule has 17 heavy (non-hydrogen) atoms. The van der Waals surface area contributed by atoms with Gasteiger partial charge in [0.2, 0.25) is 0 Å². The van der Waals surface area contributed by atoms with Crippen LogP contribution in [0.2, 0.25) is 0 Å². The van der Waals surface area contributed by atoms with Gasteiger partial charge in [-0.15, -0.1) is 0 Å². The predicted molar refractivity (Wildman–Crippen MR) is 67.3 cm³/mol. The zero-order valence-corrected chi connectivity index (χ0v) is 10.6. The summed E-state index contributed by atoms with van der Waals surface area (Å²) in [4.78, 5) is 0. The number of nitrogen functional groups attached to an aromatic ring is 1. The highest BCUT2D eigenvalue weighted by Crippen LogP contribution is 2.25. The van der Waals surface area contributed by atoms with E-state index in [0.717, 1.165) is 0 Å². The molecule has 2 atom stereocenters. The van der Waals surface area contributed by atoms with E-state index < -0.39 is 15.1 Å². The highest BCUT2D eigenvalue weighted by atomic mass is 32.2. The van der Waals surface area contributed by atoms with Gasteiger partial charge < -0.3 is 10.5 Å². The van der Waals surface area contributed by atoms with Crippen molar-refractivity contribution in [3.63, 3.8) is 0 Å². The second kappa shape index (κ2) is 4.66. The Kier molecular flexibility index (Phi) is 3.40. The van der Waals surface area contributed by atoms with Crippen molar-refractivity contribution in [2.24, 2.45) is 0 Å². The largest absolute Gasteiger partial charge is 0.398 e. The van der Waals surface area contributed by atoms with Crippen molar-refractivity contribution in [3.05, 3.63) is 29.8 Å². The monoisotopic (exact) mass is 255 g/mol. The molecule has 2 unspecified atom stereocenters. The topological polar surface area (TPSA) is 69.4 Å². The minimum absolute atomic E-state index is 0.00194. The number of ether oxygens (including phenoxy) is 1. The van der Waals surface area contributed by atoms with E-state index in [1.54, 1.807) is 24.3 Å². The Hall–Kier alpha value is -1.07. The number of anilines is 1. The molecule has 1 fully saturated rings. The van der Waals surface area contributed by atoms with Crippen molar-refractivity contribution in [2.45, 2.75) is 30.5 Å². The molecule has 0 bridgehead atoms. The van der Waals surface area contributed by atoms with Crippen molar-refractivity contribution >= 4 is 15.5 Å². The van der Waals surface area contributed by atoms with Crippen LogP contribution in [0, 0.1) is 0 Å². The summed E-state index contributed by atoms with van der Waals surface area (Å²) in [5.41, 5.74) is 6.97. The highest BCUT2D eigenvalue weighted by Gasteiger charge is 2.35. The van der Waals surface area contributed by atoms with Crippen LogP contribution in [0.4, 0.5) is 5.69 Å². The third kappa shape index (κ3) is 2.61. The summed E-state index contributed by atoms with van der Waals surface area (Å²) < 4.78 is 29.8. The Balaban J connectivity index is 2.21. The van der Waals surface area contributed by atoms with Gasteiger partial charge in [-0.25, -0.2) is 8.42 Å². The van der Waals surface area contributed by atoms with E-state index in [9.17, 15) is 8.42 Å². The Bertz CT molecular complexity index is 498. The smallest absolute Gasteiger partial charge is 0.159 e. The maximum atomic E-state index is 12.2. The number of para-hydroxylation sites is 1. The van der Waals surface area contributed by atoms with Gasteiger partial charge in [0.25, 0.3) is 0 Å². The van der Waals surface area contributed by atoms with Crippen LogP contribution in [-0.2, 0) is 20.3 Å². The van der Waals surface area contributed by atoms with E-state index in [2.05, 4.69) is 0 Å². The zero-order valence-electron chi connectivity index (χ0n) is 9.80. The third-order valence-electron chi connectivity index (χ3n) is 3.18. The van der Waals surface area contributed by atoms with E-state index >= 15 is 0 Å². The molecule has 0 aromatic heterocycles. The molecule has 0 saturated carbocycles. The van der Waals surface area contributed by atoms with Crippen LogP contribution >= 0.6 is 0 Å². The lowest BCUT2D eigenvalue weighted by atomic mass is 10.2. The molecule has 5 heteroatoms. The fraction of sp³-hybridized carbons (Fsp3) is 0.500. The first-order chi connectivity index (χ1) is 8.00. The maximum absolute atomic E-state index is 12.2. The van der Waals surface area contributed by atoms with Gasteiger partial charge in [-0.1, -0.05) is 18.2 Å². The van der Waals surface area contributed by atoms with Gasteiger partial charge in [0, 0.05) is 12.3 Å². The minimum atomic E-state index is -3.19. The lowest BCUT2D eigenvalue weighted by molar-refractivity contribution is 0.126. The normalized spacial score (nSPS) is 25.0. The van der Waals surface area contributed by atoms with Crippen LogP contribution in [0.3, 0.4) is 0 Å². The molecule has 0 amide bonds. The fourth-order valence-corrected chi connectivity index (χ4v) is 4.20. The van der Waals surface area contributed by atoms with Gasteiger partial charge in [-0.2, -0.15) is 0 Å². The summed E-state index contributed by atoms with van der Waals surface area (Å²) in [6.07, 6.45) is 0.362. The van der Waals surface area contributed by atoms with Crippen molar-refractivity contribution in [1.82, 2.24) is 0 Å². The molecule has 0 radical (unpaired) electrons. The van der Waals surface area contributed by atoms with Crippen LogP contribution < -0.4 is 5.73 Å². The standard InChI is InChI=1S/C12H17NO3S/c1-9-12(6-7-16-9)17(14,15)8-10-4-2-3-5-11(10)13/h2-5,9,12H,6-8,13H2,1H3. The minimum Gasteiger partial charge on any atom is -0.398 e.